The largest absolute Gasteiger partial charge is 0.496 e. The molecular formula is C16H19N5O. The van der Waals surface area contributed by atoms with Gasteiger partial charge in [-0.2, -0.15) is 9.61 Å². The van der Waals surface area contributed by atoms with Crippen molar-refractivity contribution in [3.63, 3.8) is 0 Å². The van der Waals surface area contributed by atoms with Crippen LogP contribution in [0.5, 0.6) is 5.75 Å². The number of hydrogen-bond donors (Lipinski definition) is 2. The molecule has 6 heteroatoms. The molecule has 0 aliphatic rings. The Kier molecular flexibility index (Phi) is 3.93. The number of methoxy groups -OCH3 is 1. The minimum atomic E-state index is 0.559. The minimum absolute atomic E-state index is 0.559. The summed E-state index contributed by atoms with van der Waals surface area (Å²) in [4.78, 5) is 4.53. The van der Waals surface area contributed by atoms with Crippen LogP contribution in [-0.2, 0) is 0 Å². The van der Waals surface area contributed by atoms with Crippen molar-refractivity contribution < 1.29 is 4.74 Å². The van der Waals surface area contributed by atoms with Gasteiger partial charge in [0, 0.05) is 36.5 Å². The van der Waals surface area contributed by atoms with Crippen molar-refractivity contribution in [2.75, 3.05) is 25.5 Å². The van der Waals surface area contributed by atoms with Crippen LogP contribution in [0, 0.1) is 6.92 Å². The van der Waals surface area contributed by atoms with Gasteiger partial charge in [0.15, 0.2) is 5.65 Å². The zero-order valence-corrected chi connectivity index (χ0v) is 12.7. The zero-order valence-electron chi connectivity index (χ0n) is 12.7. The van der Waals surface area contributed by atoms with Gasteiger partial charge in [-0.3, -0.25) is 0 Å². The molecule has 0 bridgehead atoms. The molecule has 0 saturated heterocycles. The van der Waals surface area contributed by atoms with Gasteiger partial charge in [0.25, 0.3) is 0 Å². The van der Waals surface area contributed by atoms with Crippen LogP contribution in [-0.4, -0.2) is 34.8 Å². The number of nitrogens with two attached hydrogens (primary N) is 1. The number of aromatic nitrogens is 3. The Morgan fingerprint density at radius 3 is 2.86 bits per heavy atom. The average Bonchev–Trinajstić information content (AvgIpc) is 2.96. The van der Waals surface area contributed by atoms with Crippen LogP contribution < -0.4 is 15.8 Å². The van der Waals surface area contributed by atoms with E-state index in [1.54, 1.807) is 11.6 Å². The molecule has 0 aliphatic carbocycles. The number of aryl methyl sites for hydroxylation is 1. The van der Waals surface area contributed by atoms with Gasteiger partial charge in [0.05, 0.1) is 12.8 Å². The Morgan fingerprint density at radius 1 is 1.27 bits per heavy atom. The van der Waals surface area contributed by atoms with Gasteiger partial charge in [-0.15, -0.1) is 0 Å². The molecule has 6 nitrogen and oxygen atoms in total. The molecule has 0 unspecified atom stereocenters. The summed E-state index contributed by atoms with van der Waals surface area (Å²) in [5.41, 5.74) is 9.06. The van der Waals surface area contributed by atoms with Crippen molar-refractivity contribution in [3.05, 3.63) is 42.1 Å². The Bertz CT molecular complexity index is 796. The quantitative estimate of drug-likeness (QED) is 0.754. The van der Waals surface area contributed by atoms with Crippen LogP contribution in [0.3, 0.4) is 0 Å². The number of rotatable bonds is 5. The lowest BCUT2D eigenvalue weighted by Gasteiger charge is -2.08. The molecule has 114 valence electrons. The van der Waals surface area contributed by atoms with Gasteiger partial charge in [0.2, 0.25) is 0 Å². The van der Waals surface area contributed by atoms with Crippen molar-refractivity contribution in [2.45, 2.75) is 6.92 Å². The third-order valence-electron chi connectivity index (χ3n) is 3.39. The molecule has 0 atom stereocenters. The number of anilines is 1. The monoisotopic (exact) mass is 297 g/mol. The first kappa shape index (κ1) is 14.3. The second kappa shape index (κ2) is 6.03. The highest BCUT2D eigenvalue weighted by Crippen LogP contribution is 2.29. The van der Waals surface area contributed by atoms with E-state index in [-0.39, 0.29) is 0 Å². The molecule has 2 heterocycles. The number of ether oxygens (including phenoxy) is 1. The maximum Gasteiger partial charge on any atom is 0.158 e. The fourth-order valence-electron chi connectivity index (χ4n) is 2.41. The molecule has 0 amide bonds. The average molecular weight is 297 g/mol. The fourth-order valence-corrected chi connectivity index (χ4v) is 2.41. The van der Waals surface area contributed by atoms with E-state index in [0.29, 0.717) is 13.1 Å². The second-order valence-corrected chi connectivity index (χ2v) is 5.00. The molecule has 3 rings (SSSR count). The molecular weight excluding hydrogens is 278 g/mol. The maximum atomic E-state index is 5.57. The summed E-state index contributed by atoms with van der Waals surface area (Å²) in [6.45, 7) is 3.20. The molecule has 3 N–H and O–H groups in total. The molecule has 3 aromatic rings. The maximum absolute atomic E-state index is 5.57. The number of fused-ring (bicyclic) bond motifs is 1. The van der Waals surface area contributed by atoms with Gasteiger partial charge in [-0.25, -0.2) is 4.98 Å². The van der Waals surface area contributed by atoms with Crippen molar-refractivity contribution in [2.24, 2.45) is 5.73 Å². The highest BCUT2D eigenvalue weighted by atomic mass is 16.5. The van der Waals surface area contributed by atoms with Crippen molar-refractivity contribution in [1.82, 2.24) is 14.6 Å². The highest BCUT2D eigenvalue weighted by Gasteiger charge is 2.12. The zero-order chi connectivity index (χ0) is 15.5. The van der Waals surface area contributed by atoms with Gasteiger partial charge in [-0.1, -0.05) is 12.1 Å². The Hall–Kier alpha value is -2.60. The molecule has 0 radical (unpaired) electrons. The first-order valence-corrected chi connectivity index (χ1v) is 7.17. The van der Waals surface area contributed by atoms with E-state index >= 15 is 0 Å². The summed E-state index contributed by atoms with van der Waals surface area (Å²) < 4.78 is 7.21. The number of nitrogens with one attached hydrogen (secondary N) is 1. The van der Waals surface area contributed by atoms with Crippen LogP contribution in [0.4, 0.5) is 5.82 Å². The normalized spacial score (nSPS) is 10.9. The van der Waals surface area contributed by atoms with Crippen LogP contribution in [0.1, 0.15) is 5.69 Å². The lowest BCUT2D eigenvalue weighted by Crippen LogP contribution is -2.15. The topological polar surface area (TPSA) is 77.5 Å². The summed E-state index contributed by atoms with van der Waals surface area (Å²) >= 11 is 0. The molecule has 2 aromatic heterocycles. The van der Waals surface area contributed by atoms with E-state index in [1.165, 1.54) is 0 Å². The summed E-state index contributed by atoms with van der Waals surface area (Å²) in [5.74, 6) is 1.67. The SMILES string of the molecule is COc1ccccc1-c1cc2nc(C)cc(NCCN)n2n1. The van der Waals surface area contributed by atoms with Gasteiger partial charge >= 0.3 is 0 Å². The summed E-state index contributed by atoms with van der Waals surface area (Å²) in [6, 6.07) is 11.7. The van der Waals surface area contributed by atoms with E-state index < -0.39 is 0 Å². The van der Waals surface area contributed by atoms with Crippen LogP contribution in [0.15, 0.2) is 36.4 Å². The smallest absolute Gasteiger partial charge is 0.158 e. The predicted octanol–water partition coefficient (Wildman–Crippen LogP) is 2.08. The standard InChI is InChI=1S/C16H19N5O/c1-11-9-15(18-8-7-17)21-16(19-11)10-13(20-21)12-5-3-4-6-14(12)22-2/h3-6,9-10,18H,7-8,17H2,1-2H3. The molecule has 0 aliphatic heterocycles. The number of nitrogens with zero attached hydrogens (tertiary/aromatic N) is 3. The number of para-hydroxylation sites is 1. The lowest BCUT2D eigenvalue weighted by atomic mass is 10.1. The lowest BCUT2D eigenvalue weighted by molar-refractivity contribution is 0.416. The molecule has 22 heavy (non-hydrogen) atoms. The molecule has 0 fully saturated rings. The summed E-state index contributed by atoms with van der Waals surface area (Å²) in [6.07, 6.45) is 0. The van der Waals surface area contributed by atoms with Crippen LogP contribution in [0.25, 0.3) is 16.9 Å². The molecule has 0 spiro atoms. The number of hydrogen-bond acceptors (Lipinski definition) is 5. The van der Waals surface area contributed by atoms with Gasteiger partial charge in [-0.05, 0) is 19.1 Å². The second-order valence-electron chi connectivity index (χ2n) is 5.00. The fraction of sp³-hybridized carbons (Fsp3) is 0.250. The Balaban J connectivity index is 2.13. The molecule has 1 aromatic carbocycles. The van der Waals surface area contributed by atoms with Crippen molar-refractivity contribution in [3.8, 4) is 17.0 Å². The van der Waals surface area contributed by atoms with E-state index in [4.69, 9.17) is 10.5 Å². The summed E-state index contributed by atoms with van der Waals surface area (Å²) in [7, 11) is 1.66. The first-order valence-electron chi connectivity index (χ1n) is 7.17. The molecule has 0 saturated carbocycles. The van der Waals surface area contributed by atoms with Gasteiger partial charge < -0.3 is 15.8 Å². The third kappa shape index (κ3) is 2.60. The van der Waals surface area contributed by atoms with E-state index in [9.17, 15) is 0 Å². The van der Waals surface area contributed by atoms with Crippen LogP contribution in [0.2, 0.25) is 0 Å². The number of benzene rings is 1. The minimum Gasteiger partial charge on any atom is -0.496 e. The van der Waals surface area contributed by atoms with Crippen LogP contribution >= 0.6 is 0 Å². The summed E-state index contributed by atoms with van der Waals surface area (Å²) in [5, 5.41) is 7.93. The van der Waals surface area contributed by atoms with E-state index in [2.05, 4.69) is 15.4 Å². The predicted molar refractivity (Wildman–Crippen MR) is 87.3 cm³/mol. The Morgan fingerprint density at radius 2 is 2.09 bits per heavy atom. The van der Waals surface area contributed by atoms with E-state index in [0.717, 1.165) is 34.2 Å². The Labute approximate surface area is 128 Å². The van der Waals surface area contributed by atoms with E-state index in [1.807, 2.05) is 43.3 Å². The first-order chi connectivity index (χ1) is 10.7. The third-order valence-corrected chi connectivity index (χ3v) is 3.39. The van der Waals surface area contributed by atoms with Gasteiger partial charge in [0.1, 0.15) is 11.6 Å². The van der Waals surface area contributed by atoms with Crippen molar-refractivity contribution >= 4 is 11.5 Å². The van der Waals surface area contributed by atoms with Crippen molar-refractivity contribution in [1.29, 1.82) is 0 Å². The highest BCUT2D eigenvalue weighted by molar-refractivity contribution is 5.71.